The van der Waals surface area contributed by atoms with E-state index in [0.29, 0.717) is 6.42 Å². The van der Waals surface area contributed by atoms with E-state index in [2.05, 4.69) is 27.0 Å². The van der Waals surface area contributed by atoms with E-state index < -0.39 is 0 Å². The highest BCUT2D eigenvalue weighted by Gasteiger charge is 2.43. The number of aryl methyl sites for hydroxylation is 1. The maximum absolute atomic E-state index is 10.5. The van der Waals surface area contributed by atoms with Crippen molar-refractivity contribution in [1.29, 1.82) is 0 Å². The van der Waals surface area contributed by atoms with Gasteiger partial charge >= 0.3 is 0 Å². The summed E-state index contributed by atoms with van der Waals surface area (Å²) in [6.07, 6.45) is 4.74. The molecule has 132 valence electrons. The maximum atomic E-state index is 10.5. The van der Waals surface area contributed by atoms with Gasteiger partial charge in [0.1, 0.15) is 11.6 Å². The van der Waals surface area contributed by atoms with Crippen LogP contribution < -0.4 is 4.90 Å². The largest absolute Gasteiger partial charge is 0.393 e. The summed E-state index contributed by atoms with van der Waals surface area (Å²) in [5.74, 6) is 1.78. The summed E-state index contributed by atoms with van der Waals surface area (Å²) in [4.78, 5) is 11.0. The van der Waals surface area contributed by atoms with Gasteiger partial charge in [0.05, 0.1) is 17.8 Å². The molecular weight excluding hydrogens is 314 g/mol. The molecule has 0 amide bonds. The molecule has 0 unspecified atom stereocenters. The first-order valence-corrected chi connectivity index (χ1v) is 9.09. The molecule has 0 radical (unpaired) electrons. The van der Waals surface area contributed by atoms with Crippen LogP contribution in [0.2, 0.25) is 0 Å². The van der Waals surface area contributed by atoms with E-state index in [9.17, 15) is 5.11 Å². The Morgan fingerprint density at radius 1 is 1.16 bits per heavy atom. The summed E-state index contributed by atoms with van der Waals surface area (Å²) in [6, 6.07) is 12.2. The minimum absolute atomic E-state index is 0.0159. The number of aliphatic hydroxyl groups excluding tert-OH is 1. The van der Waals surface area contributed by atoms with Gasteiger partial charge in [-0.25, -0.2) is 9.97 Å². The normalized spacial score (nSPS) is 25.9. The van der Waals surface area contributed by atoms with E-state index in [0.717, 1.165) is 49.6 Å². The second-order valence-corrected chi connectivity index (χ2v) is 7.24. The van der Waals surface area contributed by atoms with Crippen molar-refractivity contribution in [2.24, 2.45) is 0 Å². The van der Waals surface area contributed by atoms with Gasteiger partial charge in [0, 0.05) is 32.1 Å². The van der Waals surface area contributed by atoms with Gasteiger partial charge in [0.15, 0.2) is 0 Å². The van der Waals surface area contributed by atoms with Crippen LogP contribution in [0, 0.1) is 6.92 Å². The van der Waals surface area contributed by atoms with E-state index in [1.54, 1.807) is 0 Å². The van der Waals surface area contributed by atoms with Crippen molar-refractivity contribution < 1.29 is 9.84 Å². The van der Waals surface area contributed by atoms with Crippen molar-refractivity contribution in [3.8, 4) is 0 Å². The van der Waals surface area contributed by atoms with Crippen molar-refractivity contribution in [2.75, 3.05) is 18.0 Å². The number of nitrogens with zero attached hydrogens (tertiary/aromatic N) is 3. The molecule has 2 fully saturated rings. The quantitative estimate of drug-likeness (QED) is 0.911. The molecule has 1 aromatic heterocycles. The van der Waals surface area contributed by atoms with Gasteiger partial charge in [-0.15, -0.1) is 0 Å². The number of benzene rings is 1. The number of piperidine rings is 1. The Kier molecular flexibility index (Phi) is 4.44. The van der Waals surface area contributed by atoms with Crippen LogP contribution in [-0.2, 0) is 4.74 Å². The van der Waals surface area contributed by atoms with Crippen molar-refractivity contribution >= 4 is 5.82 Å². The minimum atomic E-state index is -0.299. The third-order valence-electron chi connectivity index (χ3n) is 5.42. The van der Waals surface area contributed by atoms with Gasteiger partial charge in [0.25, 0.3) is 0 Å². The highest BCUT2D eigenvalue weighted by Crippen LogP contribution is 2.43. The second-order valence-electron chi connectivity index (χ2n) is 7.24. The number of aliphatic hydroxyl groups is 1. The number of hydrogen-bond acceptors (Lipinski definition) is 5. The van der Waals surface area contributed by atoms with E-state index in [1.165, 1.54) is 0 Å². The molecule has 0 aliphatic carbocycles. The van der Waals surface area contributed by atoms with Gasteiger partial charge in [-0.3, -0.25) is 0 Å². The summed E-state index contributed by atoms with van der Waals surface area (Å²) in [5.41, 5.74) is 0.936. The standard InChI is InChI=1S/C20H25N3O2/c1-15-21-10-7-19(22-15)23-11-8-20(9-12-23)14-17(24)13-18(25-20)16-5-3-2-4-6-16/h2-7,10,17-18,24H,8-9,11-14H2,1H3/t17-,18+/m0/s1. The van der Waals surface area contributed by atoms with Gasteiger partial charge < -0.3 is 14.7 Å². The maximum Gasteiger partial charge on any atom is 0.132 e. The van der Waals surface area contributed by atoms with Crippen LogP contribution in [0.5, 0.6) is 0 Å². The Bertz CT molecular complexity index is 714. The Hall–Kier alpha value is -1.98. The fourth-order valence-corrected chi connectivity index (χ4v) is 4.11. The monoisotopic (exact) mass is 339 g/mol. The summed E-state index contributed by atoms with van der Waals surface area (Å²) in [7, 11) is 0. The lowest BCUT2D eigenvalue weighted by atomic mass is 9.81. The molecule has 5 nitrogen and oxygen atoms in total. The fraction of sp³-hybridized carbons (Fsp3) is 0.500. The van der Waals surface area contributed by atoms with Crippen LogP contribution in [0.3, 0.4) is 0 Å². The molecule has 2 atom stereocenters. The number of anilines is 1. The molecule has 1 spiro atoms. The number of hydrogen-bond donors (Lipinski definition) is 1. The fourth-order valence-electron chi connectivity index (χ4n) is 4.11. The van der Waals surface area contributed by atoms with Gasteiger partial charge in [-0.05, 0) is 31.4 Å². The number of aromatic nitrogens is 2. The SMILES string of the molecule is Cc1nccc(N2CCC3(CC2)C[C@@H](O)C[C@H](c2ccccc2)O3)n1. The molecule has 5 heteroatoms. The second kappa shape index (κ2) is 6.73. The molecule has 1 N–H and O–H groups in total. The molecule has 2 saturated heterocycles. The van der Waals surface area contributed by atoms with E-state index in [1.807, 2.05) is 37.4 Å². The molecule has 4 rings (SSSR count). The summed E-state index contributed by atoms with van der Waals surface area (Å²) >= 11 is 0. The zero-order chi connectivity index (χ0) is 17.3. The first kappa shape index (κ1) is 16.5. The number of ether oxygens (including phenoxy) is 1. The minimum Gasteiger partial charge on any atom is -0.393 e. The smallest absolute Gasteiger partial charge is 0.132 e. The van der Waals surface area contributed by atoms with Crippen molar-refractivity contribution in [3.05, 3.63) is 54.0 Å². The van der Waals surface area contributed by atoms with Crippen LogP contribution >= 0.6 is 0 Å². The van der Waals surface area contributed by atoms with Gasteiger partial charge in [-0.1, -0.05) is 30.3 Å². The highest BCUT2D eigenvalue weighted by molar-refractivity contribution is 5.38. The van der Waals surface area contributed by atoms with E-state index in [4.69, 9.17) is 4.74 Å². The highest BCUT2D eigenvalue weighted by atomic mass is 16.5. The molecule has 3 heterocycles. The average molecular weight is 339 g/mol. The third kappa shape index (κ3) is 3.53. The van der Waals surface area contributed by atoms with Crippen LogP contribution in [-0.4, -0.2) is 39.9 Å². The van der Waals surface area contributed by atoms with Crippen molar-refractivity contribution in [3.63, 3.8) is 0 Å². The van der Waals surface area contributed by atoms with Crippen LogP contribution in [0.1, 0.15) is 43.2 Å². The van der Waals surface area contributed by atoms with Crippen molar-refractivity contribution in [1.82, 2.24) is 9.97 Å². The third-order valence-corrected chi connectivity index (χ3v) is 5.42. The summed E-state index contributed by atoms with van der Waals surface area (Å²) in [5, 5.41) is 10.5. The molecular formula is C20H25N3O2. The Labute approximate surface area is 148 Å². The van der Waals surface area contributed by atoms with E-state index in [-0.39, 0.29) is 17.8 Å². The molecule has 2 aromatic rings. The molecule has 2 aliphatic rings. The van der Waals surface area contributed by atoms with Crippen LogP contribution in [0.15, 0.2) is 42.6 Å². The Morgan fingerprint density at radius 3 is 2.64 bits per heavy atom. The van der Waals surface area contributed by atoms with Gasteiger partial charge in [-0.2, -0.15) is 0 Å². The zero-order valence-corrected chi connectivity index (χ0v) is 14.6. The summed E-state index contributed by atoms with van der Waals surface area (Å²) < 4.78 is 6.56. The van der Waals surface area contributed by atoms with Crippen molar-refractivity contribution in [2.45, 2.75) is 50.4 Å². The number of rotatable bonds is 2. The summed E-state index contributed by atoms with van der Waals surface area (Å²) in [6.45, 7) is 3.70. The molecule has 2 aliphatic heterocycles. The average Bonchev–Trinajstić information content (AvgIpc) is 2.62. The molecule has 0 bridgehead atoms. The lowest BCUT2D eigenvalue weighted by molar-refractivity contribution is -0.173. The first-order chi connectivity index (χ1) is 12.1. The predicted octanol–water partition coefficient (Wildman–Crippen LogP) is 3.04. The Balaban J connectivity index is 1.47. The molecule has 0 saturated carbocycles. The van der Waals surface area contributed by atoms with Crippen LogP contribution in [0.25, 0.3) is 0 Å². The van der Waals surface area contributed by atoms with Crippen LogP contribution in [0.4, 0.5) is 5.82 Å². The van der Waals surface area contributed by atoms with Gasteiger partial charge in [0.2, 0.25) is 0 Å². The first-order valence-electron chi connectivity index (χ1n) is 9.09. The lowest BCUT2D eigenvalue weighted by Gasteiger charge is -2.48. The Morgan fingerprint density at radius 2 is 1.92 bits per heavy atom. The van der Waals surface area contributed by atoms with E-state index >= 15 is 0 Å². The predicted molar refractivity (Wildman–Crippen MR) is 96.5 cm³/mol. The topological polar surface area (TPSA) is 58.5 Å². The molecule has 1 aromatic carbocycles. The lowest BCUT2D eigenvalue weighted by Crippen LogP contribution is -2.51. The molecule has 25 heavy (non-hydrogen) atoms. The zero-order valence-electron chi connectivity index (χ0n) is 14.6.